The van der Waals surface area contributed by atoms with Crippen LogP contribution in [0.15, 0.2) is 12.1 Å². The number of carbonyl (C=O) groups excluding carboxylic acids is 1. The van der Waals surface area contributed by atoms with E-state index in [9.17, 15) is 9.59 Å². The minimum atomic E-state index is -1.00. The molecule has 4 nitrogen and oxygen atoms in total. The fourth-order valence-electron chi connectivity index (χ4n) is 2.04. The highest BCUT2D eigenvalue weighted by Gasteiger charge is 2.23. The summed E-state index contributed by atoms with van der Waals surface area (Å²) >= 11 is 0. The van der Waals surface area contributed by atoms with Crippen LogP contribution >= 0.6 is 0 Å². The average Bonchev–Trinajstić information content (AvgIpc) is 2.27. The Kier molecular flexibility index (Phi) is 2.64. The summed E-state index contributed by atoms with van der Waals surface area (Å²) in [5.74, 6) is -0.589. The molecule has 1 aliphatic carbocycles. The summed E-state index contributed by atoms with van der Waals surface area (Å²) in [4.78, 5) is 22.6. The van der Waals surface area contributed by atoms with Crippen LogP contribution in [0.4, 0.5) is 0 Å². The second-order valence-electron chi connectivity index (χ2n) is 3.79. The van der Waals surface area contributed by atoms with Crippen LogP contribution in [0, 0.1) is 0 Å². The summed E-state index contributed by atoms with van der Waals surface area (Å²) in [6.45, 7) is 0. The SMILES string of the molecule is COc1cc(C(=O)O)cc2c1C(=O)CCC2. The number of aromatic carboxylic acids is 1. The summed E-state index contributed by atoms with van der Waals surface area (Å²) in [5, 5.41) is 8.93. The van der Waals surface area contributed by atoms with Crippen LogP contribution in [0.2, 0.25) is 0 Å². The van der Waals surface area contributed by atoms with Crippen molar-refractivity contribution in [3.63, 3.8) is 0 Å². The van der Waals surface area contributed by atoms with E-state index in [4.69, 9.17) is 9.84 Å². The van der Waals surface area contributed by atoms with Gasteiger partial charge in [0.1, 0.15) is 5.75 Å². The van der Waals surface area contributed by atoms with E-state index in [0.29, 0.717) is 17.7 Å². The van der Waals surface area contributed by atoms with Gasteiger partial charge in [-0.3, -0.25) is 4.79 Å². The molecule has 0 saturated carbocycles. The number of benzene rings is 1. The van der Waals surface area contributed by atoms with E-state index in [2.05, 4.69) is 0 Å². The third-order valence-electron chi connectivity index (χ3n) is 2.78. The molecule has 4 heteroatoms. The Morgan fingerprint density at radius 3 is 2.75 bits per heavy atom. The van der Waals surface area contributed by atoms with Crippen molar-refractivity contribution < 1.29 is 19.4 Å². The summed E-state index contributed by atoms with van der Waals surface area (Å²) in [7, 11) is 1.45. The lowest BCUT2D eigenvalue weighted by Crippen LogP contribution is -2.14. The highest BCUT2D eigenvalue weighted by Crippen LogP contribution is 2.31. The van der Waals surface area contributed by atoms with Crippen LogP contribution in [0.25, 0.3) is 0 Å². The van der Waals surface area contributed by atoms with Crippen molar-refractivity contribution in [3.05, 3.63) is 28.8 Å². The first kappa shape index (κ1) is 10.7. The van der Waals surface area contributed by atoms with Crippen LogP contribution in [0.3, 0.4) is 0 Å². The molecule has 0 saturated heterocycles. The van der Waals surface area contributed by atoms with Crippen LogP contribution < -0.4 is 4.74 Å². The van der Waals surface area contributed by atoms with E-state index in [1.165, 1.54) is 13.2 Å². The quantitative estimate of drug-likeness (QED) is 0.826. The van der Waals surface area contributed by atoms with Crippen molar-refractivity contribution in [1.82, 2.24) is 0 Å². The van der Waals surface area contributed by atoms with Gasteiger partial charge >= 0.3 is 5.97 Å². The number of aryl methyl sites for hydroxylation is 1. The monoisotopic (exact) mass is 220 g/mol. The third kappa shape index (κ3) is 1.66. The topological polar surface area (TPSA) is 63.6 Å². The lowest BCUT2D eigenvalue weighted by Gasteiger charge is -2.18. The third-order valence-corrected chi connectivity index (χ3v) is 2.78. The van der Waals surface area contributed by atoms with Crippen molar-refractivity contribution >= 4 is 11.8 Å². The first-order chi connectivity index (χ1) is 7.63. The normalized spacial score (nSPS) is 14.4. The molecule has 0 bridgehead atoms. The molecule has 1 N–H and O–H groups in total. The predicted octanol–water partition coefficient (Wildman–Crippen LogP) is 1.91. The molecule has 16 heavy (non-hydrogen) atoms. The van der Waals surface area contributed by atoms with E-state index in [0.717, 1.165) is 18.4 Å². The fourth-order valence-corrected chi connectivity index (χ4v) is 2.04. The van der Waals surface area contributed by atoms with Gasteiger partial charge in [0.05, 0.1) is 18.2 Å². The molecule has 1 aromatic rings. The highest BCUT2D eigenvalue weighted by atomic mass is 16.5. The van der Waals surface area contributed by atoms with Gasteiger partial charge < -0.3 is 9.84 Å². The Balaban J connectivity index is 2.62. The van der Waals surface area contributed by atoms with E-state index >= 15 is 0 Å². The molecule has 0 spiro atoms. The number of carboxylic acid groups (broad SMARTS) is 1. The molecular weight excluding hydrogens is 208 g/mol. The van der Waals surface area contributed by atoms with Gasteiger partial charge in [-0.1, -0.05) is 0 Å². The average molecular weight is 220 g/mol. The smallest absolute Gasteiger partial charge is 0.335 e. The minimum absolute atomic E-state index is 0.0371. The van der Waals surface area contributed by atoms with Gasteiger partial charge in [-0.15, -0.1) is 0 Å². The number of hydrogen-bond acceptors (Lipinski definition) is 3. The van der Waals surface area contributed by atoms with Gasteiger partial charge in [-0.25, -0.2) is 4.79 Å². The van der Waals surface area contributed by atoms with Crippen LogP contribution in [-0.2, 0) is 6.42 Å². The van der Waals surface area contributed by atoms with E-state index in [1.54, 1.807) is 6.07 Å². The number of ether oxygens (including phenoxy) is 1. The highest BCUT2D eigenvalue weighted by molar-refractivity contribution is 6.02. The van der Waals surface area contributed by atoms with Crippen molar-refractivity contribution in [2.24, 2.45) is 0 Å². The van der Waals surface area contributed by atoms with Crippen LogP contribution in [0.1, 0.15) is 39.1 Å². The van der Waals surface area contributed by atoms with Crippen molar-refractivity contribution in [3.8, 4) is 5.75 Å². The molecule has 0 unspecified atom stereocenters. The Morgan fingerprint density at radius 1 is 1.38 bits per heavy atom. The molecule has 84 valence electrons. The Labute approximate surface area is 92.8 Å². The lowest BCUT2D eigenvalue weighted by atomic mass is 9.88. The number of ketones is 1. The first-order valence-corrected chi connectivity index (χ1v) is 5.11. The molecule has 1 aromatic carbocycles. The van der Waals surface area contributed by atoms with Crippen LogP contribution in [0.5, 0.6) is 5.75 Å². The minimum Gasteiger partial charge on any atom is -0.496 e. The number of Topliss-reactive ketones (excluding diaryl/α,β-unsaturated/α-hetero) is 1. The van der Waals surface area contributed by atoms with Crippen LogP contribution in [-0.4, -0.2) is 24.0 Å². The molecule has 0 heterocycles. The van der Waals surface area contributed by atoms with E-state index in [-0.39, 0.29) is 11.3 Å². The molecule has 0 aromatic heterocycles. The second-order valence-corrected chi connectivity index (χ2v) is 3.79. The van der Waals surface area contributed by atoms with Gasteiger partial charge in [0.15, 0.2) is 5.78 Å². The van der Waals surface area contributed by atoms with Crippen molar-refractivity contribution in [1.29, 1.82) is 0 Å². The largest absolute Gasteiger partial charge is 0.496 e. The number of fused-ring (bicyclic) bond motifs is 1. The molecule has 2 rings (SSSR count). The van der Waals surface area contributed by atoms with Gasteiger partial charge in [-0.2, -0.15) is 0 Å². The standard InChI is InChI=1S/C12H12O4/c1-16-10-6-8(12(14)15)5-7-3-2-4-9(13)11(7)10/h5-6H,2-4H2,1H3,(H,14,15). The van der Waals surface area contributed by atoms with Crippen molar-refractivity contribution in [2.45, 2.75) is 19.3 Å². The zero-order valence-corrected chi connectivity index (χ0v) is 8.95. The maximum absolute atomic E-state index is 11.7. The summed E-state index contributed by atoms with van der Waals surface area (Å²) in [6.07, 6.45) is 2.02. The number of methoxy groups -OCH3 is 1. The maximum atomic E-state index is 11.7. The van der Waals surface area contributed by atoms with Gasteiger partial charge in [0, 0.05) is 6.42 Å². The fraction of sp³-hybridized carbons (Fsp3) is 0.333. The predicted molar refractivity (Wildman–Crippen MR) is 57.2 cm³/mol. The molecule has 0 atom stereocenters. The maximum Gasteiger partial charge on any atom is 0.335 e. The molecule has 0 amide bonds. The van der Waals surface area contributed by atoms with Gasteiger partial charge in [0.25, 0.3) is 0 Å². The molecule has 0 fully saturated rings. The lowest BCUT2D eigenvalue weighted by molar-refractivity contribution is 0.0695. The number of hydrogen-bond donors (Lipinski definition) is 1. The number of rotatable bonds is 2. The summed E-state index contributed by atoms with van der Waals surface area (Å²) < 4.78 is 5.09. The summed E-state index contributed by atoms with van der Waals surface area (Å²) in [6, 6.07) is 2.97. The molecule has 1 aliphatic rings. The Morgan fingerprint density at radius 2 is 2.12 bits per heavy atom. The molecule has 0 radical (unpaired) electrons. The van der Waals surface area contributed by atoms with Gasteiger partial charge in [0.2, 0.25) is 0 Å². The zero-order valence-electron chi connectivity index (χ0n) is 8.95. The Hall–Kier alpha value is -1.84. The van der Waals surface area contributed by atoms with Gasteiger partial charge in [-0.05, 0) is 30.5 Å². The first-order valence-electron chi connectivity index (χ1n) is 5.11. The zero-order chi connectivity index (χ0) is 11.7. The molecular formula is C12H12O4. The molecule has 0 aliphatic heterocycles. The number of carbonyl (C=O) groups is 2. The Bertz CT molecular complexity index is 445. The van der Waals surface area contributed by atoms with E-state index < -0.39 is 5.97 Å². The van der Waals surface area contributed by atoms with E-state index in [1.807, 2.05) is 0 Å². The second kappa shape index (κ2) is 3.96. The van der Waals surface area contributed by atoms with Crippen molar-refractivity contribution in [2.75, 3.05) is 7.11 Å². The number of carboxylic acids is 1. The summed E-state index contributed by atoms with van der Waals surface area (Å²) in [5.41, 5.74) is 1.51.